The molecule has 33 heavy (non-hydrogen) atoms. The zero-order valence-corrected chi connectivity index (χ0v) is 19.9. The van der Waals surface area contributed by atoms with Crippen LogP contribution in [-0.4, -0.2) is 45.3 Å². The summed E-state index contributed by atoms with van der Waals surface area (Å²) in [5.74, 6) is -1.03. The van der Waals surface area contributed by atoms with Crippen LogP contribution in [0.1, 0.15) is 45.2 Å². The molecule has 7 nitrogen and oxygen atoms in total. The van der Waals surface area contributed by atoms with E-state index in [1.807, 2.05) is 0 Å². The fraction of sp³-hybridized carbons (Fsp3) is 0.500. The largest absolute Gasteiger partial charge is 0.534 e. The van der Waals surface area contributed by atoms with E-state index in [9.17, 15) is 26.4 Å². The first-order valence-electron chi connectivity index (χ1n) is 10.00. The van der Waals surface area contributed by atoms with Crippen molar-refractivity contribution in [3.8, 4) is 5.75 Å². The smallest absolute Gasteiger partial charge is 0.493 e. The Hall–Kier alpha value is -2.53. The van der Waals surface area contributed by atoms with Crippen molar-refractivity contribution in [1.82, 2.24) is 0 Å². The van der Waals surface area contributed by atoms with Crippen LogP contribution in [-0.2, 0) is 35.0 Å². The summed E-state index contributed by atoms with van der Waals surface area (Å²) in [6.07, 6.45) is 0.000711. The number of aryl methyl sites for hydroxylation is 1. The van der Waals surface area contributed by atoms with Crippen molar-refractivity contribution in [2.24, 2.45) is 0 Å². The summed E-state index contributed by atoms with van der Waals surface area (Å²) >= 11 is 0. The number of ether oxygens (including phenoxy) is 3. The molecule has 0 saturated carbocycles. The number of carbonyl (C=O) groups excluding carboxylic acids is 1. The third-order valence-corrected chi connectivity index (χ3v) is 5.63. The number of carbonyl (C=O) groups is 1. The highest BCUT2D eigenvalue weighted by Gasteiger charge is 2.49. The van der Waals surface area contributed by atoms with E-state index in [1.165, 1.54) is 13.0 Å². The number of halogens is 3. The van der Waals surface area contributed by atoms with Gasteiger partial charge < -0.3 is 18.4 Å². The maximum Gasteiger partial charge on any atom is 0.534 e. The number of rotatable bonds is 7. The zero-order valence-electron chi connectivity index (χ0n) is 19.0. The summed E-state index contributed by atoms with van der Waals surface area (Å²) in [6, 6.07) is 4.76. The Morgan fingerprint density at radius 2 is 1.85 bits per heavy atom. The van der Waals surface area contributed by atoms with E-state index in [-0.39, 0.29) is 16.7 Å². The summed E-state index contributed by atoms with van der Waals surface area (Å²) in [6.45, 7) is 10.4. The highest BCUT2D eigenvalue weighted by Crippen LogP contribution is 2.37. The SMILES string of the molecule is C=C(OS(=O)(=O)C(F)(F)F)/C(=C(\C)C(OC(C)(C)C)C(=O)OC)c1ccc2c(c1)CCCO2. The third-order valence-electron chi connectivity index (χ3n) is 4.64. The van der Waals surface area contributed by atoms with Gasteiger partial charge in [-0.1, -0.05) is 12.6 Å². The normalized spacial score (nSPS) is 16.1. The minimum absolute atomic E-state index is 0.0656. The van der Waals surface area contributed by atoms with Crippen molar-refractivity contribution in [2.75, 3.05) is 13.7 Å². The van der Waals surface area contributed by atoms with Crippen molar-refractivity contribution >= 4 is 21.7 Å². The first-order chi connectivity index (χ1) is 15.1. The second-order valence-electron chi connectivity index (χ2n) is 8.37. The number of esters is 1. The van der Waals surface area contributed by atoms with E-state index in [0.29, 0.717) is 18.8 Å². The molecule has 184 valence electrons. The number of methoxy groups -OCH3 is 1. The molecule has 0 radical (unpaired) electrons. The van der Waals surface area contributed by atoms with Gasteiger partial charge in [-0.15, -0.1) is 0 Å². The van der Waals surface area contributed by atoms with Gasteiger partial charge in [0.25, 0.3) is 0 Å². The van der Waals surface area contributed by atoms with Gasteiger partial charge >= 0.3 is 21.6 Å². The topological polar surface area (TPSA) is 88.1 Å². The van der Waals surface area contributed by atoms with Crippen molar-refractivity contribution in [1.29, 1.82) is 0 Å². The number of hydrogen-bond acceptors (Lipinski definition) is 7. The van der Waals surface area contributed by atoms with E-state index >= 15 is 0 Å². The molecule has 0 aromatic heterocycles. The average molecular weight is 493 g/mol. The minimum Gasteiger partial charge on any atom is -0.493 e. The van der Waals surface area contributed by atoms with Gasteiger partial charge in [-0.25, -0.2) is 4.79 Å². The maximum atomic E-state index is 13.0. The molecule has 0 amide bonds. The van der Waals surface area contributed by atoms with Crippen LogP contribution in [0.4, 0.5) is 13.2 Å². The van der Waals surface area contributed by atoms with Gasteiger partial charge in [-0.05, 0) is 69.4 Å². The molecule has 1 aliphatic rings. The van der Waals surface area contributed by atoms with Crippen LogP contribution < -0.4 is 4.74 Å². The molecule has 1 aliphatic heterocycles. The van der Waals surface area contributed by atoms with Crippen LogP contribution in [0.3, 0.4) is 0 Å². The summed E-state index contributed by atoms with van der Waals surface area (Å²) in [5.41, 5.74) is -5.53. The molecule has 1 aromatic rings. The monoisotopic (exact) mass is 492 g/mol. The predicted molar refractivity (Wildman–Crippen MR) is 115 cm³/mol. The lowest BCUT2D eigenvalue weighted by Gasteiger charge is -2.28. The summed E-state index contributed by atoms with van der Waals surface area (Å²) < 4.78 is 82.7. The standard InChI is InChI=1S/C22H27F3O7S/c1-13(19(20(26)29-6)31-21(3,4)5)18(14(2)32-33(27,28)22(23,24)25)16-9-10-17-15(12-16)8-7-11-30-17/h9-10,12,19H,2,7-8,11H2,1,3-6H3/b18-13-. The molecule has 0 fully saturated rings. The van der Waals surface area contributed by atoms with Gasteiger partial charge in [0.2, 0.25) is 0 Å². The average Bonchev–Trinajstić information content (AvgIpc) is 2.69. The van der Waals surface area contributed by atoms with E-state index in [1.54, 1.807) is 32.9 Å². The first kappa shape index (κ1) is 26.7. The molecule has 0 bridgehead atoms. The molecule has 11 heteroatoms. The molecular formula is C22H27F3O7S. The molecule has 0 spiro atoms. The van der Waals surface area contributed by atoms with E-state index in [0.717, 1.165) is 19.1 Å². The second-order valence-corrected chi connectivity index (χ2v) is 9.91. The summed E-state index contributed by atoms with van der Waals surface area (Å²) in [5, 5.41) is 0. The maximum absolute atomic E-state index is 13.0. The van der Waals surface area contributed by atoms with Crippen molar-refractivity contribution < 1.29 is 44.8 Å². The molecule has 1 unspecified atom stereocenters. The molecule has 1 heterocycles. The van der Waals surface area contributed by atoms with Gasteiger partial charge in [-0.3, -0.25) is 0 Å². The van der Waals surface area contributed by atoms with Gasteiger partial charge in [0.05, 0.1) is 19.3 Å². The Labute approximate surface area is 191 Å². The Morgan fingerprint density at radius 1 is 1.21 bits per heavy atom. The number of fused-ring (bicyclic) bond motifs is 1. The molecule has 2 rings (SSSR count). The van der Waals surface area contributed by atoms with Crippen molar-refractivity contribution in [2.45, 2.75) is 57.7 Å². The van der Waals surface area contributed by atoms with E-state index in [2.05, 4.69) is 10.8 Å². The summed E-state index contributed by atoms with van der Waals surface area (Å²) in [4.78, 5) is 12.5. The Bertz CT molecular complexity index is 1050. The minimum atomic E-state index is -6.00. The first-order valence-corrected chi connectivity index (χ1v) is 11.4. The zero-order chi connectivity index (χ0) is 25.2. The molecule has 0 saturated heterocycles. The predicted octanol–water partition coefficient (Wildman–Crippen LogP) is 4.52. The second kappa shape index (κ2) is 9.76. The van der Waals surface area contributed by atoms with E-state index < -0.39 is 39.1 Å². The lowest BCUT2D eigenvalue weighted by Crippen LogP contribution is -2.35. The molecule has 0 aliphatic carbocycles. The van der Waals surface area contributed by atoms with Crippen LogP contribution >= 0.6 is 0 Å². The highest BCUT2D eigenvalue weighted by atomic mass is 32.2. The Balaban J connectivity index is 2.69. The Kier molecular flexibility index (Phi) is 7.90. The Morgan fingerprint density at radius 3 is 2.39 bits per heavy atom. The molecular weight excluding hydrogens is 465 g/mol. The fourth-order valence-corrected chi connectivity index (χ4v) is 3.69. The third kappa shape index (κ3) is 6.50. The van der Waals surface area contributed by atoms with Gasteiger partial charge in [0, 0.05) is 5.57 Å². The summed E-state index contributed by atoms with van der Waals surface area (Å²) in [7, 11) is -4.87. The van der Waals surface area contributed by atoms with Gasteiger partial charge in [0.15, 0.2) is 6.10 Å². The lowest BCUT2D eigenvalue weighted by molar-refractivity contribution is -0.159. The van der Waals surface area contributed by atoms with Gasteiger partial charge in [0.1, 0.15) is 11.5 Å². The number of hydrogen-bond donors (Lipinski definition) is 0. The highest BCUT2D eigenvalue weighted by molar-refractivity contribution is 7.87. The van der Waals surface area contributed by atoms with Gasteiger partial charge in [-0.2, -0.15) is 21.6 Å². The molecule has 0 N–H and O–H groups in total. The van der Waals surface area contributed by atoms with Crippen LogP contribution in [0.25, 0.3) is 5.57 Å². The fourth-order valence-electron chi connectivity index (χ4n) is 3.25. The number of benzene rings is 1. The van der Waals surface area contributed by atoms with Crippen LogP contribution in [0.5, 0.6) is 5.75 Å². The quantitative estimate of drug-likeness (QED) is 0.182. The molecule has 1 aromatic carbocycles. The molecule has 1 atom stereocenters. The lowest BCUT2D eigenvalue weighted by atomic mass is 9.93. The number of allylic oxidation sites excluding steroid dienone is 1. The van der Waals surface area contributed by atoms with Crippen LogP contribution in [0, 0.1) is 0 Å². The van der Waals surface area contributed by atoms with E-state index in [4.69, 9.17) is 14.2 Å². The van der Waals surface area contributed by atoms with Crippen molar-refractivity contribution in [3.05, 3.63) is 47.2 Å². The number of alkyl halides is 3. The van der Waals surface area contributed by atoms with Crippen molar-refractivity contribution in [3.63, 3.8) is 0 Å². The van der Waals surface area contributed by atoms with Crippen LogP contribution in [0.15, 0.2) is 36.1 Å². The van der Waals surface area contributed by atoms with Crippen LogP contribution in [0.2, 0.25) is 0 Å².